The van der Waals surface area contributed by atoms with Crippen molar-refractivity contribution in [2.24, 2.45) is 0 Å². The van der Waals surface area contributed by atoms with Gasteiger partial charge in [-0.3, -0.25) is 4.84 Å². The van der Waals surface area contributed by atoms with Gasteiger partial charge in [-0.2, -0.15) is 5.06 Å². The lowest BCUT2D eigenvalue weighted by Gasteiger charge is -2.43. The zero-order valence-electron chi connectivity index (χ0n) is 15.1. The zero-order valence-corrected chi connectivity index (χ0v) is 16.1. The number of rotatable bonds is 4. The van der Waals surface area contributed by atoms with E-state index in [1.807, 2.05) is 18.2 Å². The van der Waals surface area contributed by atoms with E-state index in [2.05, 4.69) is 65.1 Å². The van der Waals surface area contributed by atoms with Crippen LogP contribution in [0.4, 0.5) is 0 Å². The first kappa shape index (κ1) is 17.7. The van der Waals surface area contributed by atoms with E-state index >= 15 is 0 Å². The molecule has 1 aliphatic heterocycles. The van der Waals surface area contributed by atoms with Gasteiger partial charge in [-0.05, 0) is 24.6 Å². The molecule has 1 heterocycles. The molecule has 22 heavy (non-hydrogen) atoms. The summed E-state index contributed by atoms with van der Waals surface area (Å²) in [6.07, 6.45) is 1.95. The fourth-order valence-corrected chi connectivity index (χ4v) is 4.10. The molecule has 0 aliphatic carbocycles. The lowest BCUT2D eigenvalue weighted by molar-refractivity contribution is -0.276. The van der Waals surface area contributed by atoms with Crippen LogP contribution in [0.5, 0.6) is 0 Å². The number of hydrogen-bond donors (Lipinski definition) is 0. The lowest BCUT2D eigenvalue weighted by Crippen LogP contribution is -2.48. The SMILES string of the molecule is CC[C@@H]1C[C@](O[Si](C)(C)C(C)(C)C)(c2ccccc2)ON1C. The van der Waals surface area contributed by atoms with Gasteiger partial charge >= 0.3 is 0 Å². The Morgan fingerprint density at radius 1 is 1.27 bits per heavy atom. The normalized spacial score (nSPS) is 27.3. The first-order valence-electron chi connectivity index (χ1n) is 8.29. The van der Waals surface area contributed by atoms with Crippen LogP contribution < -0.4 is 0 Å². The van der Waals surface area contributed by atoms with Gasteiger partial charge in [0, 0.05) is 25.1 Å². The van der Waals surface area contributed by atoms with Crippen LogP contribution in [0.15, 0.2) is 30.3 Å². The quantitative estimate of drug-likeness (QED) is 0.736. The van der Waals surface area contributed by atoms with E-state index in [-0.39, 0.29) is 5.04 Å². The number of nitrogens with zero attached hydrogens (tertiary/aromatic N) is 1. The summed E-state index contributed by atoms with van der Waals surface area (Å²) in [5.41, 5.74) is 1.13. The highest BCUT2D eigenvalue weighted by atomic mass is 28.4. The van der Waals surface area contributed by atoms with E-state index in [0.29, 0.717) is 6.04 Å². The Balaban J connectivity index is 2.41. The summed E-state index contributed by atoms with van der Waals surface area (Å²) in [6, 6.07) is 10.8. The maximum absolute atomic E-state index is 6.81. The molecule has 0 amide bonds. The molecule has 124 valence electrons. The molecule has 1 aromatic carbocycles. The maximum Gasteiger partial charge on any atom is 0.206 e. The second kappa shape index (κ2) is 6.08. The Morgan fingerprint density at radius 2 is 1.86 bits per heavy atom. The highest BCUT2D eigenvalue weighted by Gasteiger charge is 2.52. The first-order chi connectivity index (χ1) is 10.1. The van der Waals surface area contributed by atoms with Crippen LogP contribution in [0.2, 0.25) is 18.1 Å². The van der Waals surface area contributed by atoms with E-state index in [1.54, 1.807) is 0 Å². The van der Waals surface area contributed by atoms with Crippen LogP contribution in [-0.2, 0) is 15.1 Å². The van der Waals surface area contributed by atoms with Gasteiger partial charge in [-0.25, -0.2) is 0 Å². The number of hydroxylamine groups is 2. The summed E-state index contributed by atoms with van der Waals surface area (Å²) < 4.78 is 6.81. The second-order valence-corrected chi connectivity index (χ2v) is 12.6. The molecule has 0 spiro atoms. The van der Waals surface area contributed by atoms with Gasteiger partial charge in [0.25, 0.3) is 0 Å². The van der Waals surface area contributed by atoms with E-state index < -0.39 is 14.1 Å². The molecule has 0 radical (unpaired) electrons. The van der Waals surface area contributed by atoms with Gasteiger partial charge in [0.2, 0.25) is 5.79 Å². The molecule has 0 bridgehead atoms. The zero-order chi connectivity index (χ0) is 16.6. The van der Waals surface area contributed by atoms with E-state index in [1.165, 1.54) is 0 Å². The van der Waals surface area contributed by atoms with Crippen molar-refractivity contribution in [3.63, 3.8) is 0 Å². The Kier molecular flexibility index (Phi) is 4.88. The summed E-state index contributed by atoms with van der Waals surface area (Å²) >= 11 is 0. The van der Waals surface area contributed by atoms with E-state index in [4.69, 9.17) is 9.26 Å². The third-order valence-corrected chi connectivity index (χ3v) is 9.67. The monoisotopic (exact) mass is 321 g/mol. The highest BCUT2D eigenvalue weighted by Crippen LogP contribution is 2.47. The van der Waals surface area contributed by atoms with E-state index in [9.17, 15) is 0 Å². The largest absolute Gasteiger partial charge is 0.385 e. The van der Waals surface area contributed by atoms with Crippen molar-refractivity contribution in [1.29, 1.82) is 0 Å². The Bertz CT molecular complexity index is 498. The van der Waals surface area contributed by atoms with Crippen LogP contribution in [0.25, 0.3) is 0 Å². The minimum absolute atomic E-state index is 0.154. The molecule has 0 N–H and O–H groups in total. The molecule has 1 aliphatic rings. The van der Waals surface area contributed by atoms with Crippen molar-refractivity contribution >= 4 is 8.32 Å². The van der Waals surface area contributed by atoms with Crippen molar-refractivity contribution in [3.8, 4) is 0 Å². The van der Waals surface area contributed by atoms with Crippen LogP contribution in [-0.4, -0.2) is 26.5 Å². The molecule has 0 saturated carbocycles. The van der Waals surface area contributed by atoms with E-state index in [0.717, 1.165) is 18.4 Å². The lowest BCUT2D eigenvalue weighted by atomic mass is 9.98. The standard InChI is InChI=1S/C18H31NO2Si/c1-8-16-14-18(20-19(16)5,15-12-10-9-11-13-15)21-22(6,7)17(2,3)4/h9-13,16H,8,14H2,1-7H3/t16-,18+/m1/s1. The molecule has 1 fully saturated rings. The third kappa shape index (κ3) is 3.30. The van der Waals surface area contributed by atoms with Crippen molar-refractivity contribution in [1.82, 2.24) is 5.06 Å². The molecule has 2 atom stereocenters. The third-order valence-electron chi connectivity index (χ3n) is 5.22. The highest BCUT2D eigenvalue weighted by molar-refractivity contribution is 6.74. The molecule has 0 unspecified atom stereocenters. The van der Waals surface area contributed by atoms with Gasteiger partial charge in [0.15, 0.2) is 8.32 Å². The Hall–Kier alpha value is -0.683. The molecule has 1 aromatic rings. The summed E-state index contributed by atoms with van der Waals surface area (Å²) in [7, 11) is 0.0730. The molecule has 2 rings (SSSR count). The van der Waals surface area contributed by atoms with Crippen LogP contribution >= 0.6 is 0 Å². The predicted molar refractivity (Wildman–Crippen MR) is 93.9 cm³/mol. The van der Waals surface area contributed by atoms with Crippen molar-refractivity contribution in [3.05, 3.63) is 35.9 Å². The maximum atomic E-state index is 6.81. The van der Waals surface area contributed by atoms with Crippen molar-refractivity contribution in [2.45, 2.75) is 70.5 Å². The minimum Gasteiger partial charge on any atom is -0.385 e. The predicted octanol–water partition coefficient (Wildman–Crippen LogP) is 4.91. The fraction of sp³-hybridized carbons (Fsp3) is 0.667. The smallest absolute Gasteiger partial charge is 0.206 e. The fourth-order valence-electron chi connectivity index (χ4n) is 2.73. The van der Waals surface area contributed by atoms with Gasteiger partial charge in [0.1, 0.15) is 0 Å². The summed E-state index contributed by atoms with van der Waals surface area (Å²) in [5.74, 6) is -0.639. The average Bonchev–Trinajstić information content (AvgIpc) is 2.75. The molecule has 1 saturated heterocycles. The topological polar surface area (TPSA) is 21.7 Å². The molecular formula is C18H31NO2Si. The summed E-state index contributed by atoms with van der Waals surface area (Å²) in [4.78, 5) is 6.32. The Morgan fingerprint density at radius 3 is 2.32 bits per heavy atom. The van der Waals surface area contributed by atoms with Gasteiger partial charge in [-0.15, -0.1) is 0 Å². The van der Waals surface area contributed by atoms with Crippen LogP contribution in [0.1, 0.15) is 46.1 Å². The van der Waals surface area contributed by atoms with Crippen LogP contribution in [0, 0.1) is 0 Å². The summed E-state index contributed by atoms with van der Waals surface area (Å²) in [6.45, 7) is 13.6. The number of hydrogen-bond acceptors (Lipinski definition) is 3. The second-order valence-electron chi connectivity index (χ2n) is 7.88. The summed E-state index contributed by atoms with van der Waals surface area (Å²) in [5, 5.41) is 2.14. The molecule has 3 nitrogen and oxygen atoms in total. The van der Waals surface area contributed by atoms with Gasteiger partial charge < -0.3 is 4.43 Å². The molecule has 0 aromatic heterocycles. The number of benzene rings is 1. The van der Waals surface area contributed by atoms with Crippen LogP contribution in [0.3, 0.4) is 0 Å². The molecular weight excluding hydrogens is 290 g/mol. The van der Waals surface area contributed by atoms with Gasteiger partial charge in [-0.1, -0.05) is 58.0 Å². The first-order valence-corrected chi connectivity index (χ1v) is 11.2. The molecule has 4 heteroatoms. The minimum atomic E-state index is -1.95. The Labute approximate surface area is 136 Å². The van der Waals surface area contributed by atoms with Gasteiger partial charge in [0.05, 0.1) is 0 Å². The average molecular weight is 322 g/mol. The van der Waals surface area contributed by atoms with Crippen molar-refractivity contribution < 1.29 is 9.26 Å². The van der Waals surface area contributed by atoms with Crippen molar-refractivity contribution in [2.75, 3.05) is 7.05 Å².